The largest absolute Gasteiger partial charge is 0.409 e. The van der Waals surface area contributed by atoms with Crippen molar-refractivity contribution in [3.05, 3.63) is 47.5 Å². The van der Waals surface area contributed by atoms with E-state index in [4.69, 9.17) is 0 Å². The van der Waals surface area contributed by atoms with Crippen molar-refractivity contribution in [1.82, 2.24) is 10.4 Å². The van der Waals surface area contributed by atoms with Crippen LogP contribution in [0.25, 0.3) is 10.8 Å². The molecule has 1 N–H and O–H groups in total. The summed E-state index contributed by atoms with van der Waals surface area (Å²) in [6.45, 7) is 5.40. The summed E-state index contributed by atoms with van der Waals surface area (Å²) in [5.41, 5.74) is 2.74. The predicted molar refractivity (Wildman–Crippen MR) is 100 cm³/mol. The molecule has 1 unspecified atom stereocenters. The number of hydrogen-bond donors (Lipinski definition) is 1. The maximum Gasteiger partial charge on any atom is 0.409 e. The lowest BCUT2D eigenvalue weighted by atomic mass is 9.91. The summed E-state index contributed by atoms with van der Waals surface area (Å²) < 4.78 is 42.5. The van der Waals surface area contributed by atoms with Crippen molar-refractivity contribution < 1.29 is 18.0 Å². The maximum absolute atomic E-state index is 14.2. The molecule has 3 rings (SSSR count). The van der Waals surface area contributed by atoms with Gasteiger partial charge in [0.2, 0.25) is 5.91 Å². The molecule has 1 heterocycles. The van der Waals surface area contributed by atoms with Gasteiger partial charge < -0.3 is 0 Å². The number of hydrazine groups is 1. The number of fused-ring (bicyclic) bond motifs is 1. The van der Waals surface area contributed by atoms with Crippen LogP contribution in [0, 0.1) is 0 Å². The molecule has 1 aliphatic heterocycles. The molecule has 1 amide bonds. The normalized spacial score (nSPS) is 18.7. The van der Waals surface area contributed by atoms with Gasteiger partial charge in [0.25, 0.3) is 0 Å². The second kappa shape index (κ2) is 7.15. The zero-order valence-corrected chi connectivity index (χ0v) is 15.9. The number of carbonyl (C=O) groups is 1. The molecule has 27 heavy (non-hydrogen) atoms. The third-order valence-corrected chi connectivity index (χ3v) is 5.20. The molecule has 1 saturated heterocycles. The fraction of sp³-hybridized carbons (Fsp3) is 0.476. The molecule has 0 spiro atoms. The first-order valence-electron chi connectivity index (χ1n) is 9.31. The van der Waals surface area contributed by atoms with Crippen molar-refractivity contribution in [2.45, 2.75) is 64.2 Å². The molecule has 0 aliphatic carbocycles. The van der Waals surface area contributed by atoms with Gasteiger partial charge in [0.1, 0.15) is 0 Å². The van der Waals surface area contributed by atoms with Crippen molar-refractivity contribution in [1.29, 1.82) is 0 Å². The van der Waals surface area contributed by atoms with Gasteiger partial charge in [-0.05, 0) is 48.6 Å². The number of halogens is 3. The van der Waals surface area contributed by atoms with E-state index in [1.54, 1.807) is 38.1 Å². The number of hydrogen-bond acceptors (Lipinski definition) is 2. The quantitative estimate of drug-likeness (QED) is 0.766. The Kier molecular flexibility index (Phi) is 5.21. The summed E-state index contributed by atoms with van der Waals surface area (Å²) in [5, 5.41) is 2.51. The highest BCUT2D eigenvalue weighted by Crippen LogP contribution is 2.45. The van der Waals surface area contributed by atoms with Crippen molar-refractivity contribution >= 4 is 16.7 Å². The summed E-state index contributed by atoms with van der Waals surface area (Å²) >= 11 is 0. The smallest absolute Gasteiger partial charge is 0.287 e. The van der Waals surface area contributed by atoms with Crippen LogP contribution in [0.1, 0.15) is 57.2 Å². The summed E-state index contributed by atoms with van der Waals surface area (Å²) in [6, 6.07) is 8.71. The monoisotopic (exact) mass is 378 g/mol. The number of benzene rings is 2. The fourth-order valence-corrected chi connectivity index (χ4v) is 3.89. The topological polar surface area (TPSA) is 32.3 Å². The van der Waals surface area contributed by atoms with E-state index in [0.717, 1.165) is 35.2 Å². The summed E-state index contributed by atoms with van der Waals surface area (Å²) in [4.78, 5) is 11.8. The lowest BCUT2D eigenvalue weighted by molar-refractivity contribution is -0.203. The zero-order chi connectivity index (χ0) is 19.8. The van der Waals surface area contributed by atoms with E-state index in [0.29, 0.717) is 5.39 Å². The first-order chi connectivity index (χ1) is 12.6. The van der Waals surface area contributed by atoms with E-state index in [1.165, 1.54) is 0 Å². The third-order valence-electron chi connectivity index (χ3n) is 5.20. The molecule has 146 valence electrons. The Bertz CT molecular complexity index is 845. The zero-order valence-electron chi connectivity index (χ0n) is 15.9. The molecule has 0 aromatic heterocycles. The number of carbonyl (C=O) groups excluding carboxylic acids is 1. The Hall–Kier alpha value is -2.08. The van der Waals surface area contributed by atoms with Crippen molar-refractivity contribution in [3.63, 3.8) is 0 Å². The van der Waals surface area contributed by atoms with Gasteiger partial charge in [-0.25, -0.2) is 0 Å². The fourth-order valence-electron chi connectivity index (χ4n) is 3.89. The average Bonchev–Trinajstić information content (AvgIpc) is 2.85. The lowest BCUT2D eigenvalue weighted by Gasteiger charge is -2.38. The summed E-state index contributed by atoms with van der Waals surface area (Å²) in [5.74, 6) is -0.391. The van der Waals surface area contributed by atoms with E-state index in [-0.39, 0.29) is 12.0 Å². The minimum absolute atomic E-state index is 0.0338. The Morgan fingerprint density at radius 1 is 1.15 bits per heavy atom. The molecule has 6 heteroatoms. The molecular weight excluding hydrogens is 353 g/mol. The highest BCUT2D eigenvalue weighted by molar-refractivity contribution is 5.89. The predicted octanol–water partition coefficient (Wildman–Crippen LogP) is 5.30. The van der Waals surface area contributed by atoms with Gasteiger partial charge in [-0.2, -0.15) is 18.2 Å². The second-order valence-corrected chi connectivity index (χ2v) is 7.80. The SMILES string of the molecule is CCCCc1ccc(C(N2NC(=O)CC2(C)C)C(F)(F)F)c2ccccc12. The molecule has 2 aromatic rings. The molecule has 3 nitrogen and oxygen atoms in total. The minimum atomic E-state index is -4.53. The Morgan fingerprint density at radius 2 is 1.81 bits per heavy atom. The van der Waals surface area contributed by atoms with Crippen LogP contribution in [-0.2, 0) is 11.2 Å². The highest BCUT2D eigenvalue weighted by atomic mass is 19.4. The van der Waals surface area contributed by atoms with Crippen LogP contribution < -0.4 is 5.43 Å². The standard InChI is InChI=1S/C21H25F3N2O/c1-4-5-8-14-11-12-17(16-10-7-6-9-15(14)16)19(21(22,23)24)26-20(2,3)13-18(27)25-26/h6-7,9-12,19H,4-5,8,13H2,1-3H3,(H,25,27). The van der Waals surface area contributed by atoms with Gasteiger partial charge in [0.05, 0.1) is 0 Å². The molecule has 1 aliphatic rings. The van der Waals surface area contributed by atoms with Crippen molar-refractivity contribution in [3.8, 4) is 0 Å². The molecule has 1 fully saturated rings. The van der Waals surface area contributed by atoms with Crippen LogP contribution in [0.2, 0.25) is 0 Å². The molecule has 0 saturated carbocycles. The van der Waals surface area contributed by atoms with Crippen LogP contribution in [0.5, 0.6) is 0 Å². The number of amides is 1. The molecular formula is C21H25F3N2O. The second-order valence-electron chi connectivity index (χ2n) is 7.80. The Morgan fingerprint density at radius 3 is 2.37 bits per heavy atom. The van der Waals surface area contributed by atoms with Crippen LogP contribution in [-0.4, -0.2) is 22.6 Å². The van der Waals surface area contributed by atoms with E-state index in [1.807, 2.05) is 12.1 Å². The van der Waals surface area contributed by atoms with Gasteiger partial charge in [-0.3, -0.25) is 10.2 Å². The number of rotatable bonds is 5. The molecule has 1 atom stereocenters. The van der Waals surface area contributed by atoms with Crippen LogP contribution in [0.15, 0.2) is 36.4 Å². The Labute approximate surface area is 157 Å². The Balaban J connectivity index is 2.16. The minimum Gasteiger partial charge on any atom is -0.287 e. The van der Waals surface area contributed by atoms with Crippen LogP contribution in [0.4, 0.5) is 13.2 Å². The van der Waals surface area contributed by atoms with E-state index in [2.05, 4.69) is 12.3 Å². The highest BCUT2D eigenvalue weighted by Gasteiger charge is 2.53. The van der Waals surface area contributed by atoms with Crippen molar-refractivity contribution in [2.24, 2.45) is 0 Å². The van der Waals surface area contributed by atoms with Gasteiger partial charge in [0.15, 0.2) is 6.04 Å². The average molecular weight is 378 g/mol. The van der Waals surface area contributed by atoms with Gasteiger partial charge in [0, 0.05) is 12.0 Å². The third kappa shape index (κ3) is 3.81. The van der Waals surface area contributed by atoms with Gasteiger partial charge >= 0.3 is 6.18 Å². The van der Waals surface area contributed by atoms with E-state index >= 15 is 0 Å². The number of nitrogens with one attached hydrogen (secondary N) is 1. The van der Waals surface area contributed by atoms with Crippen molar-refractivity contribution in [2.75, 3.05) is 0 Å². The van der Waals surface area contributed by atoms with Crippen LogP contribution >= 0.6 is 0 Å². The summed E-state index contributed by atoms with van der Waals surface area (Å²) in [7, 11) is 0. The van der Waals surface area contributed by atoms with Gasteiger partial charge in [-0.15, -0.1) is 0 Å². The maximum atomic E-state index is 14.2. The number of nitrogens with zero attached hydrogens (tertiary/aromatic N) is 1. The first-order valence-corrected chi connectivity index (χ1v) is 9.31. The molecule has 2 aromatic carbocycles. The summed E-state index contributed by atoms with van der Waals surface area (Å²) in [6.07, 6.45) is -1.65. The number of alkyl halides is 3. The van der Waals surface area contributed by atoms with Crippen LogP contribution in [0.3, 0.4) is 0 Å². The first kappa shape index (κ1) is 19.7. The lowest BCUT2D eigenvalue weighted by Crippen LogP contribution is -2.51. The van der Waals surface area contributed by atoms with E-state index in [9.17, 15) is 18.0 Å². The van der Waals surface area contributed by atoms with Gasteiger partial charge in [-0.1, -0.05) is 49.7 Å². The molecule has 0 radical (unpaired) electrons. The van der Waals surface area contributed by atoms with E-state index < -0.39 is 23.7 Å². The molecule has 0 bridgehead atoms. The number of unbranched alkanes of at least 4 members (excludes halogenated alkanes) is 1. The number of aryl methyl sites for hydroxylation is 1.